The normalized spacial score (nSPS) is 10.5. The third-order valence-electron chi connectivity index (χ3n) is 6.37. The lowest BCUT2D eigenvalue weighted by molar-refractivity contribution is -0.126. The highest BCUT2D eigenvalue weighted by Crippen LogP contribution is 2.32. The summed E-state index contributed by atoms with van der Waals surface area (Å²) in [5.74, 6) is -2.75. The largest absolute Gasteiger partial charge is 0.503 e. The standard InChI is InChI=1S/C33H32N4O5.CH2O3/c1-33(2,3)37(32(41)42)27-17-11-10-16-26(27)36-29(38)23-20-18-22(19-21-23)28(30(39)34-24-12-6-4-7-13-24)31(40)35-25-14-8-5-9-15-25;2-1(3)4/h4-21,28H,1-3H3,(H,34,39)(H,35,40)(H,36,38)(H,41,42);(H2,2,3,4). The molecule has 0 saturated carbocycles. The number of nitrogens with zero attached hydrogens (tertiary/aromatic N) is 1. The number of carbonyl (C=O) groups excluding carboxylic acids is 3. The Bertz CT molecular complexity index is 1610. The monoisotopic (exact) mass is 626 g/mol. The van der Waals surface area contributed by atoms with Gasteiger partial charge >= 0.3 is 12.2 Å². The van der Waals surface area contributed by atoms with Gasteiger partial charge in [0.25, 0.3) is 5.91 Å². The van der Waals surface area contributed by atoms with Crippen LogP contribution in [0.15, 0.2) is 109 Å². The van der Waals surface area contributed by atoms with Crippen LogP contribution in [0.4, 0.5) is 32.3 Å². The minimum absolute atomic E-state index is 0.261. The molecule has 6 N–H and O–H groups in total. The lowest BCUT2D eigenvalue weighted by Gasteiger charge is -2.34. The van der Waals surface area contributed by atoms with Gasteiger partial charge in [-0.1, -0.05) is 60.7 Å². The average Bonchev–Trinajstić information content (AvgIpc) is 2.98. The molecule has 0 radical (unpaired) electrons. The molecule has 0 atom stereocenters. The Hall–Kier alpha value is -6.17. The summed E-state index contributed by atoms with van der Waals surface area (Å²) < 4.78 is 0. The van der Waals surface area contributed by atoms with Crippen molar-refractivity contribution in [2.75, 3.05) is 20.9 Å². The second kappa shape index (κ2) is 15.5. The zero-order valence-corrected chi connectivity index (χ0v) is 25.3. The van der Waals surface area contributed by atoms with Crippen LogP contribution in [-0.4, -0.2) is 50.8 Å². The molecule has 0 aliphatic carbocycles. The van der Waals surface area contributed by atoms with Crippen LogP contribution in [0.2, 0.25) is 0 Å². The van der Waals surface area contributed by atoms with Crippen LogP contribution in [0.3, 0.4) is 0 Å². The van der Waals surface area contributed by atoms with E-state index in [4.69, 9.17) is 15.0 Å². The maximum absolute atomic E-state index is 13.3. The van der Waals surface area contributed by atoms with E-state index >= 15 is 0 Å². The van der Waals surface area contributed by atoms with E-state index in [0.29, 0.717) is 28.3 Å². The molecule has 4 rings (SSSR count). The summed E-state index contributed by atoms with van der Waals surface area (Å²) in [7, 11) is 0. The number of rotatable bonds is 8. The molecule has 0 aliphatic rings. The number of hydrogen-bond acceptors (Lipinski definition) is 5. The molecule has 46 heavy (non-hydrogen) atoms. The summed E-state index contributed by atoms with van der Waals surface area (Å²) in [6, 6.07) is 30.4. The molecule has 238 valence electrons. The van der Waals surface area contributed by atoms with Crippen molar-refractivity contribution >= 4 is 52.7 Å². The van der Waals surface area contributed by atoms with Crippen molar-refractivity contribution in [2.45, 2.75) is 32.2 Å². The number of nitrogens with one attached hydrogen (secondary N) is 3. The van der Waals surface area contributed by atoms with Gasteiger partial charge in [-0.2, -0.15) is 0 Å². The van der Waals surface area contributed by atoms with E-state index in [1.54, 1.807) is 106 Å². The molecule has 0 aromatic heterocycles. The van der Waals surface area contributed by atoms with E-state index in [1.807, 2.05) is 12.1 Å². The Kier molecular flexibility index (Phi) is 11.6. The third-order valence-corrected chi connectivity index (χ3v) is 6.37. The molecule has 0 fully saturated rings. The fraction of sp³-hybridized carbons (Fsp3) is 0.147. The van der Waals surface area contributed by atoms with Gasteiger partial charge in [-0.3, -0.25) is 19.3 Å². The topological polar surface area (TPSA) is 185 Å². The van der Waals surface area contributed by atoms with Gasteiger partial charge in [-0.05, 0) is 74.9 Å². The molecule has 0 bridgehead atoms. The summed E-state index contributed by atoms with van der Waals surface area (Å²) in [4.78, 5) is 61.7. The molecule has 4 aromatic rings. The number of carboxylic acid groups (broad SMARTS) is 3. The molecular formula is C34H34N4O8. The van der Waals surface area contributed by atoms with Gasteiger partial charge in [-0.15, -0.1) is 0 Å². The Morgan fingerprint density at radius 3 is 1.48 bits per heavy atom. The Morgan fingerprint density at radius 2 is 1.04 bits per heavy atom. The minimum Gasteiger partial charge on any atom is -0.465 e. The summed E-state index contributed by atoms with van der Waals surface area (Å²) in [5, 5.41) is 32.1. The number of amides is 4. The smallest absolute Gasteiger partial charge is 0.465 e. The van der Waals surface area contributed by atoms with Crippen molar-refractivity contribution in [2.24, 2.45) is 0 Å². The van der Waals surface area contributed by atoms with Gasteiger partial charge in [0.2, 0.25) is 11.8 Å². The highest BCUT2D eigenvalue weighted by Gasteiger charge is 2.31. The molecule has 0 aliphatic heterocycles. The molecule has 0 saturated heterocycles. The van der Waals surface area contributed by atoms with Crippen molar-refractivity contribution in [3.63, 3.8) is 0 Å². The maximum atomic E-state index is 13.3. The molecule has 0 heterocycles. The average molecular weight is 627 g/mol. The molecule has 12 heteroatoms. The zero-order chi connectivity index (χ0) is 33.9. The molecule has 4 aromatic carbocycles. The first-order valence-corrected chi connectivity index (χ1v) is 13.9. The predicted octanol–water partition coefficient (Wildman–Crippen LogP) is 6.81. The fourth-order valence-electron chi connectivity index (χ4n) is 4.44. The summed E-state index contributed by atoms with van der Waals surface area (Å²) >= 11 is 0. The zero-order valence-electron chi connectivity index (χ0n) is 25.3. The lowest BCUT2D eigenvalue weighted by Crippen LogP contribution is -2.45. The first-order valence-electron chi connectivity index (χ1n) is 13.9. The van der Waals surface area contributed by atoms with Crippen molar-refractivity contribution in [1.82, 2.24) is 0 Å². The molecule has 0 unspecified atom stereocenters. The van der Waals surface area contributed by atoms with Crippen molar-refractivity contribution in [3.8, 4) is 0 Å². The molecule has 4 amide bonds. The first kappa shape index (κ1) is 34.3. The highest BCUT2D eigenvalue weighted by atomic mass is 16.6. The number of carbonyl (C=O) groups is 5. The van der Waals surface area contributed by atoms with E-state index in [9.17, 15) is 24.3 Å². The van der Waals surface area contributed by atoms with E-state index in [-0.39, 0.29) is 5.56 Å². The van der Waals surface area contributed by atoms with Crippen molar-refractivity contribution < 1.29 is 39.3 Å². The Labute approximate surface area is 265 Å². The quantitative estimate of drug-likeness (QED) is 0.115. The van der Waals surface area contributed by atoms with Gasteiger partial charge in [0.05, 0.1) is 11.4 Å². The van der Waals surface area contributed by atoms with Gasteiger partial charge < -0.3 is 31.3 Å². The SMILES string of the molecule is CC(C)(C)N(C(=O)O)c1ccccc1NC(=O)c1ccc(C(C(=O)Nc2ccccc2)C(=O)Nc2ccccc2)cc1.O=C(O)O. The molecule has 12 nitrogen and oxygen atoms in total. The van der Waals surface area contributed by atoms with Crippen molar-refractivity contribution in [3.05, 3.63) is 120 Å². The summed E-state index contributed by atoms with van der Waals surface area (Å²) in [6.45, 7) is 5.28. The van der Waals surface area contributed by atoms with Gasteiger partial charge in [0.15, 0.2) is 0 Å². The van der Waals surface area contributed by atoms with Crippen LogP contribution in [-0.2, 0) is 9.59 Å². The summed E-state index contributed by atoms with van der Waals surface area (Å²) in [5.41, 5.74) is 1.63. The summed E-state index contributed by atoms with van der Waals surface area (Å²) in [6.07, 6.45) is -2.98. The van der Waals surface area contributed by atoms with Crippen LogP contribution < -0.4 is 20.9 Å². The van der Waals surface area contributed by atoms with Crippen LogP contribution in [0.5, 0.6) is 0 Å². The van der Waals surface area contributed by atoms with Crippen LogP contribution in [0, 0.1) is 0 Å². The number of para-hydroxylation sites is 4. The number of hydrogen-bond donors (Lipinski definition) is 6. The molecule has 0 spiro atoms. The lowest BCUT2D eigenvalue weighted by atomic mass is 9.95. The minimum atomic E-state index is -1.83. The van der Waals surface area contributed by atoms with Gasteiger partial charge in [-0.25, -0.2) is 9.59 Å². The second-order valence-electron chi connectivity index (χ2n) is 10.8. The third kappa shape index (κ3) is 9.67. The predicted molar refractivity (Wildman–Crippen MR) is 175 cm³/mol. The van der Waals surface area contributed by atoms with E-state index < -0.39 is 41.4 Å². The number of anilines is 4. The van der Waals surface area contributed by atoms with Crippen molar-refractivity contribution in [1.29, 1.82) is 0 Å². The Balaban J connectivity index is 0.00000136. The van der Waals surface area contributed by atoms with E-state index in [2.05, 4.69) is 16.0 Å². The molecular weight excluding hydrogens is 592 g/mol. The Morgan fingerprint density at radius 1 is 0.609 bits per heavy atom. The van der Waals surface area contributed by atoms with E-state index in [0.717, 1.165) is 0 Å². The van der Waals surface area contributed by atoms with Gasteiger partial charge in [0, 0.05) is 22.5 Å². The van der Waals surface area contributed by atoms with E-state index in [1.165, 1.54) is 17.0 Å². The van der Waals surface area contributed by atoms with Crippen LogP contribution >= 0.6 is 0 Å². The van der Waals surface area contributed by atoms with Gasteiger partial charge in [0.1, 0.15) is 5.92 Å². The number of benzene rings is 4. The first-order chi connectivity index (χ1) is 21.8. The van der Waals surface area contributed by atoms with Crippen LogP contribution in [0.1, 0.15) is 42.6 Å². The fourth-order valence-corrected chi connectivity index (χ4v) is 4.44. The second-order valence-corrected chi connectivity index (χ2v) is 10.8. The van der Waals surface area contributed by atoms with Crippen LogP contribution in [0.25, 0.3) is 0 Å². The highest BCUT2D eigenvalue weighted by molar-refractivity contribution is 6.15. The maximum Gasteiger partial charge on any atom is 0.503 e.